The van der Waals surface area contributed by atoms with Crippen LogP contribution >= 0.6 is 0 Å². The van der Waals surface area contributed by atoms with E-state index in [0.29, 0.717) is 12.3 Å². The van der Waals surface area contributed by atoms with Crippen molar-refractivity contribution in [2.45, 2.75) is 11.3 Å². The van der Waals surface area contributed by atoms with Crippen molar-refractivity contribution in [2.75, 3.05) is 6.26 Å². The highest BCUT2D eigenvalue weighted by atomic mass is 32.2. The zero-order valence-corrected chi connectivity index (χ0v) is 12.3. The number of nitrogens with one attached hydrogen (secondary N) is 1. The Morgan fingerprint density at radius 1 is 1.43 bits per heavy atom. The third-order valence-corrected chi connectivity index (χ3v) is 4.19. The topological polar surface area (TPSA) is 140 Å². The van der Waals surface area contributed by atoms with Crippen LogP contribution in [0.2, 0.25) is 0 Å². The summed E-state index contributed by atoms with van der Waals surface area (Å²) in [7, 11) is -4.18. The van der Waals surface area contributed by atoms with E-state index >= 15 is 0 Å². The van der Waals surface area contributed by atoms with Crippen LogP contribution in [-0.4, -0.2) is 25.7 Å². The first-order chi connectivity index (χ1) is 10.6. The Morgan fingerprint density at radius 2 is 2.04 bits per heavy atom. The maximum absolute atomic E-state index is 13.9. The number of benzene rings is 1. The first-order valence-corrected chi connectivity index (χ1v) is 7.83. The fraction of sp³-hybridized carbons (Fsp3) is 0.167. The smallest absolute Gasteiger partial charge is 0.341 e. The van der Waals surface area contributed by atoms with Crippen molar-refractivity contribution >= 4 is 26.7 Å². The minimum absolute atomic E-state index is 0.497. The Bertz CT molecular complexity index is 983. The lowest BCUT2D eigenvalue weighted by atomic mass is 10.1. The molecule has 0 saturated heterocycles. The minimum atomic E-state index is -4.18. The Labute approximate surface area is 127 Å². The molecule has 0 saturated carbocycles. The maximum Gasteiger partial charge on any atom is 0.341 e. The van der Waals surface area contributed by atoms with Crippen molar-refractivity contribution in [1.29, 1.82) is 0 Å². The highest BCUT2D eigenvalue weighted by molar-refractivity contribution is 7.91. The molecule has 4 N–H and O–H groups in total. The summed E-state index contributed by atoms with van der Waals surface area (Å²) in [4.78, 5) is 22.5. The molecule has 2 rings (SSSR count). The van der Waals surface area contributed by atoms with Crippen LogP contribution in [0.25, 0.3) is 11.0 Å². The Balaban J connectivity index is 3.04. The molecular formula is C12H10F2N2O6S. The van der Waals surface area contributed by atoms with E-state index in [4.69, 9.17) is 5.84 Å². The molecule has 23 heavy (non-hydrogen) atoms. The average molecular weight is 348 g/mol. The van der Waals surface area contributed by atoms with Gasteiger partial charge in [0.1, 0.15) is 0 Å². The number of hydrogen-bond acceptors (Lipinski definition) is 7. The number of phenolic OH excluding ortho intramolecular Hbond substituents is 1. The molecule has 11 heteroatoms. The standard InChI is InChI=1S/C12H10F2N2O6S/c1-23(20,21)11-4-2-6(13)9(18)8(14)10(4)22-12(19)5(11)3-7(17)16-15/h2,18H,3,15H2,1H3,(H,16,17). The highest BCUT2D eigenvalue weighted by Crippen LogP contribution is 2.33. The number of carbonyl (C=O) groups is 1. The number of fused-ring (bicyclic) bond motifs is 1. The van der Waals surface area contributed by atoms with Crippen LogP contribution in [0.5, 0.6) is 5.75 Å². The summed E-state index contributed by atoms with van der Waals surface area (Å²) in [5, 5.41) is 8.59. The molecule has 1 aromatic heterocycles. The van der Waals surface area contributed by atoms with Crippen molar-refractivity contribution in [3.63, 3.8) is 0 Å². The predicted molar refractivity (Wildman–Crippen MR) is 73.2 cm³/mol. The van der Waals surface area contributed by atoms with Crippen molar-refractivity contribution in [2.24, 2.45) is 5.84 Å². The summed E-state index contributed by atoms with van der Waals surface area (Å²) in [6, 6.07) is 0.497. The lowest BCUT2D eigenvalue weighted by Gasteiger charge is -2.10. The predicted octanol–water partition coefficient (Wildman–Crippen LogP) is -0.287. The highest BCUT2D eigenvalue weighted by Gasteiger charge is 2.27. The van der Waals surface area contributed by atoms with E-state index in [-0.39, 0.29) is 0 Å². The quantitative estimate of drug-likeness (QED) is 0.300. The van der Waals surface area contributed by atoms with Gasteiger partial charge in [-0.05, 0) is 6.07 Å². The molecule has 0 aliphatic rings. The normalized spacial score (nSPS) is 11.7. The van der Waals surface area contributed by atoms with Crippen LogP contribution in [0, 0.1) is 11.6 Å². The molecule has 124 valence electrons. The van der Waals surface area contributed by atoms with Gasteiger partial charge in [0, 0.05) is 11.6 Å². The zero-order chi connectivity index (χ0) is 17.5. The van der Waals surface area contributed by atoms with Crippen molar-refractivity contribution in [3.05, 3.63) is 33.7 Å². The van der Waals surface area contributed by atoms with Gasteiger partial charge in [0.15, 0.2) is 27.0 Å². The molecule has 0 aliphatic carbocycles. The molecular weight excluding hydrogens is 338 g/mol. The van der Waals surface area contributed by atoms with E-state index in [9.17, 15) is 31.9 Å². The van der Waals surface area contributed by atoms with Crippen LogP contribution in [0.1, 0.15) is 5.56 Å². The molecule has 0 fully saturated rings. The summed E-state index contributed by atoms with van der Waals surface area (Å²) in [5.41, 5.74) is -1.20. The average Bonchev–Trinajstić information content (AvgIpc) is 2.45. The third-order valence-electron chi connectivity index (χ3n) is 2.98. The largest absolute Gasteiger partial charge is 0.503 e. The maximum atomic E-state index is 13.9. The van der Waals surface area contributed by atoms with E-state index in [0.717, 1.165) is 0 Å². The number of sulfone groups is 1. The SMILES string of the molecule is CS(=O)(=O)c1c(CC(=O)NN)c(=O)oc2c(F)c(O)c(F)cc12. The fourth-order valence-corrected chi connectivity index (χ4v) is 3.21. The van der Waals surface area contributed by atoms with Crippen molar-refractivity contribution < 1.29 is 31.5 Å². The number of amides is 1. The summed E-state index contributed by atoms with van der Waals surface area (Å²) in [5.74, 6) is -0.547. The van der Waals surface area contributed by atoms with Gasteiger partial charge in [0.05, 0.1) is 16.9 Å². The van der Waals surface area contributed by atoms with Crippen LogP contribution in [0.15, 0.2) is 20.2 Å². The van der Waals surface area contributed by atoms with E-state index < -0.39 is 66.6 Å². The molecule has 0 spiro atoms. The Morgan fingerprint density at radius 3 is 2.57 bits per heavy atom. The number of hydrazine groups is 1. The molecule has 0 radical (unpaired) electrons. The van der Waals surface area contributed by atoms with Gasteiger partial charge in [0.25, 0.3) is 0 Å². The molecule has 0 atom stereocenters. The number of aromatic hydroxyl groups is 1. The third kappa shape index (κ3) is 2.87. The second kappa shape index (κ2) is 5.59. The fourth-order valence-electron chi connectivity index (χ4n) is 2.06. The molecule has 2 aromatic rings. The summed E-state index contributed by atoms with van der Waals surface area (Å²) >= 11 is 0. The summed E-state index contributed by atoms with van der Waals surface area (Å²) in [6.07, 6.45) is -0.0883. The first kappa shape index (κ1) is 16.8. The molecule has 0 unspecified atom stereocenters. The van der Waals surface area contributed by atoms with Crippen molar-refractivity contribution in [3.8, 4) is 5.75 Å². The number of rotatable bonds is 3. The Kier molecular flexibility index (Phi) is 4.09. The van der Waals surface area contributed by atoms with E-state index in [1.54, 1.807) is 5.43 Å². The Hall–Kier alpha value is -2.53. The number of carbonyl (C=O) groups excluding carboxylic acids is 1. The number of halogens is 2. The molecule has 0 bridgehead atoms. The van der Waals surface area contributed by atoms with Gasteiger partial charge in [-0.2, -0.15) is 4.39 Å². The van der Waals surface area contributed by atoms with Crippen LogP contribution in [-0.2, 0) is 21.1 Å². The van der Waals surface area contributed by atoms with Crippen LogP contribution < -0.4 is 16.9 Å². The van der Waals surface area contributed by atoms with Gasteiger partial charge in [-0.1, -0.05) is 0 Å². The summed E-state index contributed by atoms with van der Waals surface area (Å²) in [6.45, 7) is 0. The van der Waals surface area contributed by atoms with Crippen LogP contribution in [0.4, 0.5) is 8.78 Å². The molecule has 1 aromatic carbocycles. The number of hydrogen-bond donors (Lipinski definition) is 3. The van der Waals surface area contributed by atoms with Crippen molar-refractivity contribution in [1.82, 2.24) is 5.43 Å². The molecule has 1 heterocycles. The van der Waals surface area contributed by atoms with Gasteiger partial charge in [-0.15, -0.1) is 0 Å². The van der Waals surface area contributed by atoms with Gasteiger partial charge < -0.3 is 9.52 Å². The lowest BCUT2D eigenvalue weighted by Crippen LogP contribution is -2.33. The van der Waals surface area contributed by atoms with Gasteiger partial charge in [-0.3, -0.25) is 10.2 Å². The van der Waals surface area contributed by atoms with E-state index in [2.05, 4.69) is 4.42 Å². The van der Waals surface area contributed by atoms with E-state index in [1.165, 1.54) is 0 Å². The van der Waals surface area contributed by atoms with Gasteiger partial charge in [-0.25, -0.2) is 23.4 Å². The lowest BCUT2D eigenvalue weighted by molar-refractivity contribution is -0.120. The van der Waals surface area contributed by atoms with Gasteiger partial charge in [0.2, 0.25) is 11.7 Å². The second-order valence-corrected chi connectivity index (χ2v) is 6.56. The molecule has 8 nitrogen and oxygen atoms in total. The minimum Gasteiger partial charge on any atom is -0.503 e. The monoisotopic (exact) mass is 348 g/mol. The van der Waals surface area contributed by atoms with Gasteiger partial charge >= 0.3 is 5.63 Å². The number of nitrogens with two attached hydrogens (primary N) is 1. The first-order valence-electron chi connectivity index (χ1n) is 5.94. The number of phenols is 1. The molecule has 1 amide bonds. The summed E-state index contributed by atoms with van der Waals surface area (Å²) < 4.78 is 55.9. The second-order valence-electron chi connectivity index (χ2n) is 4.61. The molecule has 0 aliphatic heterocycles. The van der Waals surface area contributed by atoms with Crippen LogP contribution in [0.3, 0.4) is 0 Å². The van der Waals surface area contributed by atoms with E-state index in [1.807, 2.05) is 0 Å². The zero-order valence-electron chi connectivity index (χ0n) is 11.5.